The van der Waals surface area contributed by atoms with E-state index in [1.165, 1.54) is 10.9 Å². The molecule has 2 aromatic heterocycles. The fourth-order valence-electron chi connectivity index (χ4n) is 2.55. The summed E-state index contributed by atoms with van der Waals surface area (Å²) in [5, 5.41) is 7.75. The van der Waals surface area contributed by atoms with Gasteiger partial charge in [-0.1, -0.05) is 29.8 Å². The van der Waals surface area contributed by atoms with Gasteiger partial charge < -0.3 is 20.4 Å². The van der Waals surface area contributed by atoms with Crippen LogP contribution in [0.4, 0.5) is 5.82 Å². The van der Waals surface area contributed by atoms with Crippen LogP contribution in [0.1, 0.15) is 5.56 Å². The molecule has 0 aliphatic heterocycles. The normalized spacial score (nSPS) is 11.0. The first-order valence-corrected chi connectivity index (χ1v) is 8.74. The number of ether oxygens (including phenoxy) is 1. The third-order valence-electron chi connectivity index (χ3n) is 3.76. The van der Waals surface area contributed by atoms with E-state index in [4.69, 9.17) is 27.9 Å². The van der Waals surface area contributed by atoms with Crippen LogP contribution in [-0.4, -0.2) is 41.7 Å². The van der Waals surface area contributed by atoms with E-state index >= 15 is 0 Å². The van der Waals surface area contributed by atoms with Crippen molar-refractivity contribution in [3.63, 3.8) is 0 Å². The predicted molar refractivity (Wildman–Crippen MR) is 102 cm³/mol. The molecule has 1 aromatic carbocycles. The van der Waals surface area contributed by atoms with E-state index in [-0.39, 0.29) is 10.4 Å². The molecule has 0 saturated heterocycles. The van der Waals surface area contributed by atoms with Crippen LogP contribution in [0.15, 0.2) is 30.5 Å². The van der Waals surface area contributed by atoms with Gasteiger partial charge in [0.1, 0.15) is 6.61 Å². The average molecular weight is 380 g/mol. The molecule has 3 rings (SSSR count). The standard InChI is InChI=1S/C17H19Cl2N5O/c1-20-8-9-25-14-15(18)23-17(19)24-16(14)21-7-6-11-10-22-13-5-3-2-4-12(11)13/h2-5,10,20,22H,6-9H2,1H3,(H,21,23,24). The zero-order valence-electron chi connectivity index (χ0n) is 13.8. The van der Waals surface area contributed by atoms with Crippen LogP contribution >= 0.6 is 23.2 Å². The van der Waals surface area contributed by atoms with E-state index in [1.54, 1.807) is 0 Å². The second-order valence-electron chi connectivity index (χ2n) is 5.45. The Hall–Kier alpha value is -2.02. The number of hydrogen-bond acceptors (Lipinski definition) is 5. The molecule has 0 saturated carbocycles. The van der Waals surface area contributed by atoms with Gasteiger partial charge in [-0.05, 0) is 36.7 Å². The molecule has 132 valence electrons. The van der Waals surface area contributed by atoms with Gasteiger partial charge in [-0.25, -0.2) is 4.98 Å². The number of aromatic amines is 1. The summed E-state index contributed by atoms with van der Waals surface area (Å²) < 4.78 is 5.67. The Morgan fingerprint density at radius 1 is 1.16 bits per heavy atom. The van der Waals surface area contributed by atoms with Crippen LogP contribution in [0.2, 0.25) is 10.4 Å². The number of H-pyrrole nitrogens is 1. The van der Waals surface area contributed by atoms with Crippen LogP contribution < -0.4 is 15.4 Å². The van der Waals surface area contributed by atoms with Gasteiger partial charge in [0.05, 0.1) is 0 Å². The molecule has 0 aliphatic carbocycles. The monoisotopic (exact) mass is 379 g/mol. The minimum atomic E-state index is 0.0839. The Morgan fingerprint density at radius 2 is 2.00 bits per heavy atom. The third kappa shape index (κ3) is 4.34. The Kier molecular flexibility index (Phi) is 5.96. The summed E-state index contributed by atoms with van der Waals surface area (Å²) in [5.74, 6) is 0.918. The summed E-state index contributed by atoms with van der Waals surface area (Å²) in [7, 11) is 1.85. The predicted octanol–water partition coefficient (Wildman–Crippen LogP) is 3.52. The molecule has 8 heteroatoms. The quantitative estimate of drug-likeness (QED) is 0.317. The molecule has 0 unspecified atom stereocenters. The summed E-state index contributed by atoms with van der Waals surface area (Å²) in [6.45, 7) is 1.81. The van der Waals surface area contributed by atoms with E-state index in [0.717, 1.165) is 11.9 Å². The van der Waals surface area contributed by atoms with E-state index < -0.39 is 0 Å². The molecule has 25 heavy (non-hydrogen) atoms. The molecule has 2 heterocycles. The summed E-state index contributed by atoms with van der Waals surface area (Å²) in [6.07, 6.45) is 2.84. The van der Waals surface area contributed by atoms with Crippen molar-refractivity contribution in [3.8, 4) is 5.75 Å². The molecule has 3 aromatic rings. The highest BCUT2D eigenvalue weighted by Gasteiger charge is 2.14. The smallest absolute Gasteiger partial charge is 0.226 e. The van der Waals surface area contributed by atoms with Gasteiger partial charge in [0.25, 0.3) is 0 Å². The average Bonchev–Trinajstić information content (AvgIpc) is 3.00. The number of nitrogens with zero attached hydrogens (tertiary/aromatic N) is 2. The number of fused-ring (bicyclic) bond motifs is 1. The first-order valence-electron chi connectivity index (χ1n) is 7.98. The number of benzene rings is 1. The number of para-hydroxylation sites is 1. The lowest BCUT2D eigenvalue weighted by Gasteiger charge is -2.13. The molecule has 0 radical (unpaired) electrons. The lowest BCUT2D eigenvalue weighted by Crippen LogP contribution is -2.17. The Bertz CT molecular complexity index is 852. The lowest BCUT2D eigenvalue weighted by atomic mass is 10.1. The van der Waals surface area contributed by atoms with E-state index in [0.29, 0.717) is 31.3 Å². The number of aromatic nitrogens is 3. The van der Waals surface area contributed by atoms with Gasteiger partial charge >= 0.3 is 0 Å². The highest BCUT2D eigenvalue weighted by molar-refractivity contribution is 6.33. The molecular formula is C17H19Cl2N5O. The van der Waals surface area contributed by atoms with Gasteiger partial charge in [0.15, 0.2) is 16.7 Å². The summed E-state index contributed by atoms with van der Waals surface area (Å²) in [5.41, 5.74) is 2.36. The second kappa shape index (κ2) is 8.38. The molecule has 0 amide bonds. The van der Waals surface area contributed by atoms with Crippen molar-refractivity contribution in [1.82, 2.24) is 20.3 Å². The van der Waals surface area contributed by atoms with Gasteiger partial charge in [-0.2, -0.15) is 4.98 Å². The number of halogens is 2. The topological polar surface area (TPSA) is 74.9 Å². The highest BCUT2D eigenvalue weighted by atomic mass is 35.5. The molecule has 0 bridgehead atoms. The van der Waals surface area contributed by atoms with Crippen LogP contribution in [0.25, 0.3) is 10.9 Å². The molecule has 3 N–H and O–H groups in total. The maximum Gasteiger partial charge on any atom is 0.226 e. The Labute approximate surface area is 155 Å². The van der Waals surface area contributed by atoms with E-state index in [9.17, 15) is 0 Å². The van der Waals surface area contributed by atoms with Crippen molar-refractivity contribution >= 4 is 39.9 Å². The zero-order valence-corrected chi connectivity index (χ0v) is 15.3. The molecule has 0 spiro atoms. The number of likely N-dealkylation sites (N-methyl/N-ethyl adjacent to an activating group) is 1. The molecular weight excluding hydrogens is 361 g/mol. The Morgan fingerprint density at radius 3 is 2.84 bits per heavy atom. The minimum absolute atomic E-state index is 0.0839. The van der Waals surface area contributed by atoms with E-state index in [1.807, 2.05) is 25.4 Å². The highest BCUT2D eigenvalue weighted by Crippen LogP contribution is 2.31. The second-order valence-corrected chi connectivity index (χ2v) is 6.15. The van der Waals surface area contributed by atoms with E-state index in [2.05, 4.69) is 37.7 Å². The van der Waals surface area contributed by atoms with Crippen LogP contribution in [-0.2, 0) is 6.42 Å². The number of rotatable bonds is 8. The molecule has 0 fully saturated rings. The lowest BCUT2D eigenvalue weighted by molar-refractivity contribution is 0.317. The van der Waals surface area contributed by atoms with Crippen molar-refractivity contribution in [2.45, 2.75) is 6.42 Å². The van der Waals surface area contributed by atoms with Gasteiger partial charge in [0, 0.05) is 30.2 Å². The summed E-state index contributed by atoms with van der Waals surface area (Å²) >= 11 is 12.1. The van der Waals surface area contributed by atoms with Gasteiger partial charge in [-0.15, -0.1) is 0 Å². The number of hydrogen-bond donors (Lipinski definition) is 3. The van der Waals surface area contributed by atoms with Crippen molar-refractivity contribution in [2.75, 3.05) is 32.1 Å². The van der Waals surface area contributed by atoms with Crippen molar-refractivity contribution in [2.24, 2.45) is 0 Å². The number of anilines is 1. The van der Waals surface area contributed by atoms with Crippen molar-refractivity contribution in [1.29, 1.82) is 0 Å². The maximum absolute atomic E-state index is 6.14. The summed E-state index contributed by atoms with van der Waals surface area (Å²) in [4.78, 5) is 11.4. The minimum Gasteiger partial charge on any atom is -0.486 e. The van der Waals surface area contributed by atoms with Crippen LogP contribution in [0, 0.1) is 0 Å². The number of nitrogens with one attached hydrogen (secondary N) is 3. The largest absolute Gasteiger partial charge is 0.486 e. The Balaban J connectivity index is 1.69. The van der Waals surface area contributed by atoms with Crippen molar-refractivity contribution in [3.05, 3.63) is 46.5 Å². The summed E-state index contributed by atoms with van der Waals surface area (Å²) in [6, 6.07) is 8.21. The molecule has 0 atom stereocenters. The fraction of sp³-hybridized carbons (Fsp3) is 0.294. The maximum atomic E-state index is 6.14. The molecule has 0 aliphatic rings. The van der Waals surface area contributed by atoms with Gasteiger partial charge in [-0.3, -0.25) is 0 Å². The SMILES string of the molecule is CNCCOc1c(Cl)nc(Cl)nc1NCCc1c[nH]c2ccccc12. The van der Waals surface area contributed by atoms with Gasteiger partial charge in [0.2, 0.25) is 5.28 Å². The van der Waals surface area contributed by atoms with Crippen LogP contribution in [0.5, 0.6) is 5.75 Å². The first kappa shape index (κ1) is 17.8. The third-order valence-corrected chi connectivity index (χ3v) is 4.18. The van der Waals surface area contributed by atoms with Crippen LogP contribution in [0.3, 0.4) is 0 Å². The van der Waals surface area contributed by atoms with Crippen molar-refractivity contribution < 1.29 is 4.74 Å². The first-order chi connectivity index (χ1) is 12.2. The fourth-order valence-corrected chi connectivity index (χ4v) is 2.99. The molecule has 6 nitrogen and oxygen atoms in total. The zero-order chi connectivity index (χ0) is 17.6.